The van der Waals surface area contributed by atoms with Crippen LogP contribution in [0, 0.1) is 0 Å². The van der Waals surface area contributed by atoms with Gasteiger partial charge < -0.3 is 5.11 Å². The maximum atomic E-state index is 9.53. The van der Waals surface area contributed by atoms with Gasteiger partial charge in [0.05, 0.1) is 0 Å². The molecule has 0 rings (SSSR count). The van der Waals surface area contributed by atoms with Crippen molar-refractivity contribution in [2.45, 2.75) is 71.4 Å². The molecular weight excluding hydrogens is 186 g/mol. The van der Waals surface area contributed by atoms with Crippen LogP contribution in [0.2, 0.25) is 0 Å². The Labute approximate surface area is 95.7 Å². The van der Waals surface area contributed by atoms with Crippen LogP contribution in [-0.4, -0.2) is 29.8 Å². The minimum absolute atomic E-state index is 0.245. The molecule has 0 aliphatic rings. The van der Waals surface area contributed by atoms with Gasteiger partial charge in [0.15, 0.2) is 0 Å². The Hall–Kier alpha value is -0.0800. The summed E-state index contributed by atoms with van der Waals surface area (Å²) in [6.45, 7) is 5.30. The second-order valence-corrected chi connectivity index (χ2v) is 4.49. The summed E-state index contributed by atoms with van der Waals surface area (Å²) >= 11 is 0. The molecule has 0 aromatic carbocycles. The van der Waals surface area contributed by atoms with Crippen molar-refractivity contribution in [3.8, 4) is 0 Å². The van der Waals surface area contributed by atoms with Crippen LogP contribution < -0.4 is 0 Å². The maximum Gasteiger partial charge on any atom is 0.106 e. The highest BCUT2D eigenvalue weighted by atomic mass is 16.3. The molecule has 2 nitrogen and oxygen atoms in total. The van der Waals surface area contributed by atoms with Crippen LogP contribution >= 0.6 is 0 Å². The smallest absolute Gasteiger partial charge is 0.106 e. The average Bonchev–Trinajstić information content (AvgIpc) is 2.26. The minimum Gasteiger partial charge on any atom is -0.378 e. The Balaban J connectivity index is 3.16. The summed E-state index contributed by atoms with van der Waals surface area (Å²) < 4.78 is 0. The zero-order valence-corrected chi connectivity index (χ0v) is 10.8. The SMILES string of the molecule is CCCCCCCCCN(C)C(O)CC. The van der Waals surface area contributed by atoms with E-state index in [2.05, 4.69) is 6.92 Å². The molecule has 0 aliphatic carbocycles. The first kappa shape index (κ1) is 14.9. The van der Waals surface area contributed by atoms with E-state index in [0.29, 0.717) is 0 Å². The highest BCUT2D eigenvalue weighted by molar-refractivity contribution is 4.55. The summed E-state index contributed by atoms with van der Waals surface area (Å²) in [6, 6.07) is 0. The van der Waals surface area contributed by atoms with E-state index >= 15 is 0 Å². The quantitative estimate of drug-likeness (QED) is 0.446. The number of aliphatic hydroxyl groups is 1. The largest absolute Gasteiger partial charge is 0.378 e. The first-order valence-corrected chi connectivity index (χ1v) is 6.60. The molecule has 1 unspecified atom stereocenters. The van der Waals surface area contributed by atoms with Gasteiger partial charge in [-0.05, 0) is 19.9 Å². The lowest BCUT2D eigenvalue weighted by Gasteiger charge is -2.21. The average molecular weight is 215 g/mol. The highest BCUT2D eigenvalue weighted by Crippen LogP contribution is 2.08. The van der Waals surface area contributed by atoms with E-state index in [0.717, 1.165) is 13.0 Å². The summed E-state index contributed by atoms with van der Waals surface area (Å²) in [5, 5.41) is 9.53. The monoisotopic (exact) mass is 215 g/mol. The number of hydrogen-bond donors (Lipinski definition) is 1. The molecule has 0 saturated heterocycles. The van der Waals surface area contributed by atoms with Gasteiger partial charge in [0.2, 0.25) is 0 Å². The van der Waals surface area contributed by atoms with E-state index < -0.39 is 0 Å². The second kappa shape index (κ2) is 10.4. The van der Waals surface area contributed by atoms with Crippen LogP contribution in [0.15, 0.2) is 0 Å². The minimum atomic E-state index is -0.245. The van der Waals surface area contributed by atoms with Crippen molar-refractivity contribution in [1.29, 1.82) is 0 Å². The third kappa shape index (κ3) is 8.88. The molecule has 1 atom stereocenters. The Kier molecular flexibility index (Phi) is 10.4. The predicted molar refractivity (Wildman–Crippen MR) is 66.9 cm³/mol. The lowest BCUT2D eigenvalue weighted by molar-refractivity contribution is 0.0187. The number of unbranched alkanes of at least 4 members (excludes halogenated alkanes) is 6. The molecule has 0 aromatic rings. The molecule has 0 spiro atoms. The molecule has 0 radical (unpaired) electrons. The van der Waals surface area contributed by atoms with Crippen molar-refractivity contribution in [3.63, 3.8) is 0 Å². The van der Waals surface area contributed by atoms with Gasteiger partial charge in [0, 0.05) is 6.54 Å². The number of hydrogen-bond acceptors (Lipinski definition) is 2. The first-order chi connectivity index (χ1) is 7.22. The summed E-state index contributed by atoms with van der Waals surface area (Å²) in [7, 11) is 2.01. The molecule has 0 amide bonds. The third-order valence-electron chi connectivity index (χ3n) is 2.99. The van der Waals surface area contributed by atoms with E-state index in [1.54, 1.807) is 0 Å². The van der Waals surface area contributed by atoms with Gasteiger partial charge in [-0.3, -0.25) is 4.90 Å². The van der Waals surface area contributed by atoms with E-state index in [-0.39, 0.29) is 6.23 Å². The molecule has 0 fully saturated rings. The Morgan fingerprint density at radius 1 is 0.933 bits per heavy atom. The van der Waals surface area contributed by atoms with Crippen molar-refractivity contribution >= 4 is 0 Å². The van der Waals surface area contributed by atoms with Gasteiger partial charge in [-0.15, -0.1) is 0 Å². The Morgan fingerprint density at radius 3 is 2.00 bits per heavy atom. The molecule has 15 heavy (non-hydrogen) atoms. The Bertz CT molecular complexity index is 128. The van der Waals surface area contributed by atoms with Gasteiger partial charge in [-0.25, -0.2) is 0 Å². The van der Waals surface area contributed by atoms with Crippen LogP contribution in [0.1, 0.15) is 65.2 Å². The molecule has 0 bridgehead atoms. The maximum absolute atomic E-state index is 9.53. The summed E-state index contributed by atoms with van der Waals surface area (Å²) in [5.74, 6) is 0. The lowest BCUT2D eigenvalue weighted by Crippen LogP contribution is -2.31. The zero-order chi connectivity index (χ0) is 11.5. The fourth-order valence-corrected chi connectivity index (χ4v) is 1.78. The van der Waals surface area contributed by atoms with Crippen molar-refractivity contribution in [1.82, 2.24) is 4.90 Å². The molecule has 0 aromatic heterocycles. The zero-order valence-electron chi connectivity index (χ0n) is 10.8. The fraction of sp³-hybridized carbons (Fsp3) is 1.00. The molecule has 92 valence electrons. The van der Waals surface area contributed by atoms with E-state index in [1.165, 1.54) is 44.9 Å². The van der Waals surface area contributed by atoms with Gasteiger partial charge in [-0.1, -0.05) is 52.4 Å². The molecule has 2 heteroatoms. The number of aliphatic hydroxyl groups excluding tert-OH is 1. The molecule has 0 aliphatic heterocycles. The Morgan fingerprint density at radius 2 is 1.47 bits per heavy atom. The van der Waals surface area contributed by atoms with Crippen molar-refractivity contribution in [3.05, 3.63) is 0 Å². The highest BCUT2D eigenvalue weighted by Gasteiger charge is 2.06. The van der Waals surface area contributed by atoms with Crippen LogP contribution in [0.5, 0.6) is 0 Å². The summed E-state index contributed by atoms with van der Waals surface area (Å²) in [5.41, 5.74) is 0. The van der Waals surface area contributed by atoms with Crippen LogP contribution in [0.3, 0.4) is 0 Å². The standard InChI is InChI=1S/C13H29NO/c1-4-6-7-8-9-10-11-12-14(3)13(15)5-2/h13,15H,4-12H2,1-3H3. The fourth-order valence-electron chi connectivity index (χ4n) is 1.78. The van der Waals surface area contributed by atoms with E-state index in [4.69, 9.17) is 0 Å². The third-order valence-corrected chi connectivity index (χ3v) is 2.99. The summed E-state index contributed by atoms with van der Waals surface area (Å²) in [6.07, 6.45) is 9.95. The van der Waals surface area contributed by atoms with E-state index in [1.807, 2.05) is 18.9 Å². The topological polar surface area (TPSA) is 23.5 Å². The molecular formula is C13H29NO. The number of nitrogens with zero attached hydrogens (tertiary/aromatic N) is 1. The summed E-state index contributed by atoms with van der Waals surface area (Å²) in [4.78, 5) is 2.05. The van der Waals surface area contributed by atoms with Crippen LogP contribution in [0.25, 0.3) is 0 Å². The van der Waals surface area contributed by atoms with Crippen LogP contribution in [0.4, 0.5) is 0 Å². The van der Waals surface area contributed by atoms with Crippen molar-refractivity contribution in [2.24, 2.45) is 0 Å². The van der Waals surface area contributed by atoms with Gasteiger partial charge >= 0.3 is 0 Å². The molecule has 0 saturated carbocycles. The van der Waals surface area contributed by atoms with Gasteiger partial charge in [0.1, 0.15) is 6.23 Å². The van der Waals surface area contributed by atoms with Gasteiger partial charge in [-0.2, -0.15) is 0 Å². The second-order valence-electron chi connectivity index (χ2n) is 4.49. The van der Waals surface area contributed by atoms with Crippen molar-refractivity contribution < 1.29 is 5.11 Å². The van der Waals surface area contributed by atoms with Crippen LogP contribution in [-0.2, 0) is 0 Å². The van der Waals surface area contributed by atoms with Crippen molar-refractivity contribution in [2.75, 3.05) is 13.6 Å². The van der Waals surface area contributed by atoms with Gasteiger partial charge in [0.25, 0.3) is 0 Å². The lowest BCUT2D eigenvalue weighted by atomic mass is 10.1. The first-order valence-electron chi connectivity index (χ1n) is 6.60. The number of rotatable bonds is 10. The van der Waals surface area contributed by atoms with E-state index in [9.17, 15) is 5.11 Å². The molecule has 0 heterocycles. The predicted octanol–water partition coefficient (Wildman–Crippen LogP) is 3.40. The molecule has 1 N–H and O–H groups in total. The normalized spacial score (nSPS) is 13.4.